The zero-order valence-corrected chi connectivity index (χ0v) is 24.1. The topological polar surface area (TPSA) is 90.0 Å². The summed E-state index contributed by atoms with van der Waals surface area (Å²) >= 11 is 0. The van der Waals surface area contributed by atoms with E-state index in [-0.39, 0.29) is 24.8 Å². The summed E-state index contributed by atoms with van der Waals surface area (Å²) in [6.45, 7) is 3.80. The molecule has 3 aromatic carbocycles. The minimum absolute atomic E-state index is 0.0175. The Morgan fingerprint density at radius 2 is 1.43 bits per heavy atom. The van der Waals surface area contributed by atoms with Gasteiger partial charge in [-0.1, -0.05) is 74.5 Å². The van der Waals surface area contributed by atoms with Crippen molar-refractivity contribution in [3.05, 3.63) is 102 Å². The Kier molecular flexibility index (Phi) is 10.8. The van der Waals surface area contributed by atoms with Crippen molar-refractivity contribution in [1.82, 2.24) is 14.5 Å². The number of amides is 2. The lowest BCUT2D eigenvalue weighted by atomic mass is 10.0. The number of anilines is 1. The van der Waals surface area contributed by atoms with Gasteiger partial charge in [-0.3, -0.25) is 9.59 Å². The SMILES string of the molecule is CC(C)CNC(=O)C(Cc1ccccc1)N(Cc1ccc(F)cc1)C(=O)CN(c1ccccc1)S(=O)(=O)N(C)C. The number of hydrogen-bond acceptors (Lipinski definition) is 4. The summed E-state index contributed by atoms with van der Waals surface area (Å²) < 4.78 is 42.4. The van der Waals surface area contributed by atoms with E-state index in [0.717, 1.165) is 14.2 Å². The lowest BCUT2D eigenvalue weighted by Gasteiger charge is -2.34. The Bertz CT molecular complexity index is 1350. The van der Waals surface area contributed by atoms with Gasteiger partial charge in [-0.15, -0.1) is 0 Å². The molecule has 0 saturated carbocycles. The van der Waals surface area contributed by atoms with Gasteiger partial charge in [-0.2, -0.15) is 12.7 Å². The molecular formula is C30H37FN4O4S. The second kappa shape index (κ2) is 14.0. The minimum atomic E-state index is -4.06. The van der Waals surface area contributed by atoms with E-state index in [9.17, 15) is 22.4 Å². The second-order valence-corrected chi connectivity index (χ2v) is 12.2. The van der Waals surface area contributed by atoms with Gasteiger partial charge in [0, 0.05) is 33.6 Å². The van der Waals surface area contributed by atoms with E-state index in [1.54, 1.807) is 42.5 Å². The van der Waals surface area contributed by atoms with E-state index in [2.05, 4.69) is 5.32 Å². The van der Waals surface area contributed by atoms with Crippen molar-refractivity contribution in [2.24, 2.45) is 5.92 Å². The summed E-state index contributed by atoms with van der Waals surface area (Å²) in [6.07, 6.45) is 0.212. The molecule has 8 nitrogen and oxygen atoms in total. The van der Waals surface area contributed by atoms with E-state index in [1.165, 1.54) is 31.1 Å². The smallest absolute Gasteiger partial charge is 0.304 e. The van der Waals surface area contributed by atoms with Crippen LogP contribution >= 0.6 is 0 Å². The van der Waals surface area contributed by atoms with Gasteiger partial charge in [-0.25, -0.2) is 8.70 Å². The zero-order valence-electron chi connectivity index (χ0n) is 23.3. The zero-order chi connectivity index (χ0) is 29.3. The van der Waals surface area contributed by atoms with Crippen LogP contribution in [0.4, 0.5) is 10.1 Å². The molecule has 0 bridgehead atoms. The highest BCUT2D eigenvalue weighted by Gasteiger charge is 2.34. The molecule has 0 aromatic heterocycles. The van der Waals surface area contributed by atoms with Gasteiger partial charge in [0.25, 0.3) is 0 Å². The van der Waals surface area contributed by atoms with Crippen molar-refractivity contribution in [3.8, 4) is 0 Å². The maximum Gasteiger partial charge on any atom is 0.304 e. The lowest BCUT2D eigenvalue weighted by molar-refractivity contribution is -0.140. The fourth-order valence-corrected chi connectivity index (χ4v) is 5.13. The van der Waals surface area contributed by atoms with Crippen molar-refractivity contribution in [1.29, 1.82) is 0 Å². The Morgan fingerprint density at radius 3 is 1.98 bits per heavy atom. The van der Waals surface area contributed by atoms with Crippen molar-refractivity contribution in [3.63, 3.8) is 0 Å². The summed E-state index contributed by atoms with van der Waals surface area (Å²) in [4.78, 5) is 29.1. The first-order chi connectivity index (χ1) is 19.0. The third-order valence-corrected chi connectivity index (χ3v) is 8.10. The maximum absolute atomic E-state index is 14.1. The molecule has 0 fully saturated rings. The first-order valence-corrected chi connectivity index (χ1v) is 14.5. The molecule has 214 valence electrons. The highest BCUT2D eigenvalue weighted by molar-refractivity contribution is 7.90. The van der Waals surface area contributed by atoms with E-state index < -0.39 is 34.5 Å². The van der Waals surface area contributed by atoms with E-state index in [1.807, 2.05) is 44.2 Å². The molecule has 0 heterocycles. The molecule has 2 amide bonds. The van der Waals surface area contributed by atoms with Gasteiger partial charge < -0.3 is 10.2 Å². The molecule has 0 saturated heterocycles. The molecule has 0 aliphatic heterocycles. The van der Waals surface area contributed by atoms with Crippen LogP contribution in [-0.2, 0) is 32.8 Å². The fraction of sp³-hybridized carbons (Fsp3) is 0.333. The number of carbonyl (C=O) groups excluding carboxylic acids is 2. The van der Waals surface area contributed by atoms with Gasteiger partial charge in [-0.05, 0) is 41.3 Å². The van der Waals surface area contributed by atoms with Crippen molar-refractivity contribution in [2.45, 2.75) is 32.9 Å². The largest absolute Gasteiger partial charge is 0.354 e. The summed E-state index contributed by atoms with van der Waals surface area (Å²) in [6, 6.07) is 22.4. The van der Waals surface area contributed by atoms with Crippen LogP contribution in [0.15, 0.2) is 84.9 Å². The molecule has 1 unspecified atom stereocenters. The normalized spacial score (nSPS) is 12.3. The molecule has 3 rings (SSSR count). The first kappa shape index (κ1) is 30.8. The summed E-state index contributed by atoms with van der Waals surface area (Å²) in [5.41, 5.74) is 1.76. The molecule has 3 aromatic rings. The van der Waals surface area contributed by atoms with Gasteiger partial charge in [0.1, 0.15) is 18.4 Å². The Hall–Kier alpha value is -3.76. The van der Waals surface area contributed by atoms with Crippen LogP contribution in [0.1, 0.15) is 25.0 Å². The van der Waals surface area contributed by atoms with Crippen LogP contribution in [0.5, 0.6) is 0 Å². The summed E-state index contributed by atoms with van der Waals surface area (Å²) in [5, 5.41) is 2.93. The van der Waals surface area contributed by atoms with E-state index in [4.69, 9.17) is 0 Å². The first-order valence-electron chi connectivity index (χ1n) is 13.1. The highest BCUT2D eigenvalue weighted by Crippen LogP contribution is 2.21. The molecule has 0 aliphatic rings. The number of hydrogen-bond donors (Lipinski definition) is 1. The molecule has 0 radical (unpaired) electrons. The monoisotopic (exact) mass is 568 g/mol. The average molecular weight is 569 g/mol. The summed E-state index contributed by atoms with van der Waals surface area (Å²) in [5.74, 6) is -1.17. The number of rotatable bonds is 13. The molecule has 40 heavy (non-hydrogen) atoms. The highest BCUT2D eigenvalue weighted by atomic mass is 32.2. The number of para-hydroxylation sites is 1. The van der Waals surface area contributed by atoms with E-state index in [0.29, 0.717) is 17.8 Å². The number of nitrogens with zero attached hydrogens (tertiary/aromatic N) is 3. The van der Waals surface area contributed by atoms with Crippen molar-refractivity contribution < 1.29 is 22.4 Å². The molecule has 1 N–H and O–H groups in total. The van der Waals surface area contributed by atoms with E-state index >= 15 is 0 Å². The number of halogens is 1. The standard InChI is InChI=1S/C30H37FN4O4S/c1-23(2)20-32-30(37)28(19-24-11-7-5-8-12-24)34(21-25-15-17-26(31)18-16-25)29(36)22-35(40(38,39)33(3)4)27-13-9-6-10-14-27/h5-18,23,28H,19-22H2,1-4H3,(H,32,37). The predicted octanol–water partition coefficient (Wildman–Crippen LogP) is 3.85. The second-order valence-electron chi connectivity index (χ2n) is 10.1. The fourth-order valence-electron chi connectivity index (χ4n) is 4.07. The lowest BCUT2D eigenvalue weighted by Crippen LogP contribution is -2.54. The summed E-state index contributed by atoms with van der Waals surface area (Å²) in [7, 11) is -1.27. The quantitative estimate of drug-likeness (QED) is 0.339. The third kappa shape index (κ3) is 8.37. The van der Waals surface area contributed by atoms with Gasteiger partial charge in [0.15, 0.2) is 0 Å². The van der Waals surface area contributed by atoms with Crippen molar-refractivity contribution >= 4 is 27.7 Å². The van der Waals surface area contributed by atoms with Crippen LogP contribution in [-0.4, -0.2) is 62.7 Å². The minimum Gasteiger partial charge on any atom is -0.354 e. The number of benzene rings is 3. The molecule has 0 spiro atoms. The molecule has 1 atom stereocenters. The average Bonchev–Trinajstić information content (AvgIpc) is 2.94. The number of carbonyl (C=O) groups is 2. The van der Waals surface area contributed by atoms with Gasteiger partial charge >= 0.3 is 10.2 Å². The van der Waals surface area contributed by atoms with Crippen LogP contribution in [0.2, 0.25) is 0 Å². The van der Waals surface area contributed by atoms with Crippen LogP contribution in [0, 0.1) is 11.7 Å². The Morgan fingerprint density at radius 1 is 0.850 bits per heavy atom. The van der Waals surface area contributed by atoms with Gasteiger partial charge in [0.05, 0.1) is 5.69 Å². The Balaban J connectivity index is 2.06. The predicted molar refractivity (Wildman–Crippen MR) is 155 cm³/mol. The van der Waals surface area contributed by atoms with Crippen LogP contribution in [0.3, 0.4) is 0 Å². The third-order valence-electron chi connectivity index (χ3n) is 6.28. The van der Waals surface area contributed by atoms with Crippen molar-refractivity contribution in [2.75, 3.05) is 31.5 Å². The number of nitrogens with one attached hydrogen (secondary N) is 1. The Labute approximate surface area is 236 Å². The van der Waals surface area contributed by atoms with Crippen LogP contribution < -0.4 is 9.62 Å². The molecule has 0 aliphatic carbocycles. The molecular weight excluding hydrogens is 531 g/mol. The molecule has 10 heteroatoms. The van der Waals surface area contributed by atoms with Gasteiger partial charge in [0.2, 0.25) is 11.8 Å². The van der Waals surface area contributed by atoms with Crippen LogP contribution in [0.25, 0.3) is 0 Å². The maximum atomic E-state index is 14.1.